The average molecular weight is 277 g/mol. The molecule has 1 aromatic carbocycles. The van der Waals surface area contributed by atoms with Gasteiger partial charge in [-0.2, -0.15) is 5.26 Å². The monoisotopic (exact) mass is 277 g/mol. The van der Waals surface area contributed by atoms with Crippen LogP contribution in [-0.4, -0.2) is 36.5 Å². The highest BCUT2D eigenvalue weighted by Gasteiger charge is 2.05. The largest absolute Gasteiger partial charge is 0.382 e. The van der Waals surface area contributed by atoms with Gasteiger partial charge in [-0.25, -0.2) is 0 Å². The van der Waals surface area contributed by atoms with E-state index in [4.69, 9.17) is 27.0 Å². The highest BCUT2D eigenvalue weighted by atomic mass is 32.1. The Morgan fingerprint density at radius 2 is 2.21 bits per heavy atom. The zero-order chi connectivity index (χ0) is 13.7. The Labute approximate surface area is 116 Å². The molecule has 0 bridgehead atoms. The number of aromatic amines is 1. The molecule has 5 nitrogen and oxygen atoms in total. The second-order valence-electron chi connectivity index (χ2n) is 4.03. The fraction of sp³-hybridized carbons (Fsp3) is 0.385. The van der Waals surface area contributed by atoms with Gasteiger partial charge in [0.15, 0.2) is 4.77 Å². The lowest BCUT2D eigenvalue weighted by atomic mass is 10.2. The minimum absolute atomic E-state index is 0.557. The van der Waals surface area contributed by atoms with Gasteiger partial charge in [-0.05, 0) is 30.4 Å². The second-order valence-corrected chi connectivity index (χ2v) is 4.42. The van der Waals surface area contributed by atoms with E-state index in [0.717, 1.165) is 11.0 Å². The van der Waals surface area contributed by atoms with Crippen LogP contribution in [0.1, 0.15) is 5.56 Å². The predicted molar refractivity (Wildman–Crippen MR) is 74.5 cm³/mol. The molecule has 0 radical (unpaired) electrons. The first-order chi connectivity index (χ1) is 9.26. The first-order valence-corrected chi connectivity index (χ1v) is 6.36. The van der Waals surface area contributed by atoms with Crippen LogP contribution in [0.15, 0.2) is 18.2 Å². The number of hydrogen-bond donors (Lipinski definition) is 1. The molecule has 6 heteroatoms. The Bertz CT molecular complexity index is 654. The SMILES string of the molecule is COCCOCCn1c(=S)[nH]c2ccc(C#N)cc21. The van der Waals surface area contributed by atoms with Crippen molar-refractivity contribution in [2.45, 2.75) is 6.54 Å². The third kappa shape index (κ3) is 3.20. The zero-order valence-electron chi connectivity index (χ0n) is 10.7. The summed E-state index contributed by atoms with van der Waals surface area (Å²) in [6, 6.07) is 7.60. The fourth-order valence-corrected chi connectivity index (χ4v) is 2.14. The quantitative estimate of drug-likeness (QED) is 0.649. The van der Waals surface area contributed by atoms with Crippen LogP contribution in [0.5, 0.6) is 0 Å². The standard InChI is InChI=1S/C13H15N3O2S/c1-17-6-7-18-5-4-16-12-8-10(9-14)2-3-11(12)15-13(16)19/h2-3,8H,4-7H2,1H3,(H,15,19). The van der Waals surface area contributed by atoms with Gasteiger partial charge in [0.1, 0.15) is 0 Å². The van der Waals surface area contributed by atoms with Crippen LogP contribution in [-0.2, 0) is 16.0 Å². The molecule has 2 rings (SSSR count). The second kappa shape index (κ2) is 6.48. The number of nitrogens with zero attached hydrogens (tertiary/aromatic N) is 2. The molecular formula is C13H15N3O2S. The molecule has 0 aliphatic carbocycles. The van der Waals surface area contributed by atoms with Crippen LogP contribution in [0.3, 0.4) is 0 Å². The lowest BCUT2D eigenvalue weighted by molar-refractivity contribution is 0.0668. The van der Waals surface area contributed by atoms with Crippen molar-refractivity contribution in [3.05, 3.63) is 28.5 Å². The van der Waals surface area contributed by atoms with Crippen molar-refractivity contribution < 1.29 is 9.47 Å². The van der Waals surface area contributed by atoms with Gasteiger partial charge in [0, 0.05) is 13.7 Å². The van der Waals surface area contributed by atoms with E-state index in [-0.39, 0.29) is 0 Å². The number of rotatable bonds is 6. The van der Waals surface area contributed by atoms with Gasteiger partial charge in [-0.3, -0.25) is 0 Å². The molecule has 0 amide bonds. The molecular weight excluding hydrogens is 262 g/mol. The molecule has 0 aliphatic heterocycles. The normalized spacial score (nSPS) is 10.7. The van der Waals surface area contributed by atoms with E-state index in [2.05, 4.69) is 11.1 Å². The summed E-state index contributed by atoms with van der Waals surface area (Å²) in [4.78, 5) is 3.12. The number of H-pyrrole nitrogens is 1. The average Bonchev–Trinajstić information content (AvgIpc) is 2.74. The zero-order valence-corrected chi connectivity index (χ0v) is 11.5. The van der Waals surface area contributed by atoms with Crippen molar-refractivity contribution in [3.8, 4) is 6.07 Å². The summed E-state index contributed by atoms with van der Waals surface area (Å²) in [6.07, 6.45) is 0. The Morgan fingerprint density at radius 3 is 2.95 bits per heavy atom. The van der Waals surface area contributed by atoms with Crippen LogP contribution >= 0.6 is 12.2 Å². The smallest absolute Gasteiger partial charge is 0.178 e. The Hall–Kier alpha value is -1.68. The lowest BCUT2D eigenvalue weighted by Gasteiger charge is -2.06. The Balaban J connectivity index is 2.15. The highest BCUT2D eigenvalue weighted by Crippen LogP contribution is 2.15. The summed E-state index contributed by atoms with van der Waals surface area (Å²) in [7, 11) is 1.64. The van der Waals surface area contributed by atoms with Gasteiger partial charge < -0.3 is 19.0 Å². The summed E-state index contributed by atoms with van der Waals surface area (Å²) in [5.41, 5.74) is 2.48. The molecule has 0 unspecified atom stereocenters. The van der Waals surface area contributed by atoms with E-state index in [1.165, 1.54) is 0 Å². The van der Waals surface area contributed by atoms with Crippen LogP contribution in [0.2, 0.25) is 0 Å². The lowest BCUT2D eigenvalue weighted by Crippen LogP contribution is -2.09. The molecule has 19 heavy (non-hydrogen) atoms. The van der Waals surface area contributed by atoms with Crippen molar-refractivity contribution in [3.63, 3.8) is 0 Å². The third-order valence-corrected chi connectivity index (χ3v) is 3.12. The Kier molecular flexibility index (Phi) is 4.68. The topological polar surface area (TPSA) is 63.0 Å². The summed E-state index contributed by atoms with van der Waals surface area (Å²) in [5, 5.41) is 8.93. The number of ether oxygens (including phenoxy) is 2. The predicted octanol–water partition coefficient (Wildman–Crippen LogP) is 2.23. The highest BCUT2D eigenvalue weighted by molar-refractivity contribution is 7.71. The Morgan fingerprint density at radius 1 is 1.37 bits per heavy atom. The number of nitrogens with one attached hydrogen (secondary N) is 1. The molecule has 2 aromatic rings. The number of nitriles is 1. The number of benzene rings is 1. The van der Waals surface area contributed by atoms with Crippen molar-refractivity contribution in [1.82, 2.24) is 9.55 Å². The van der Waals surface area contributed by atoms with Crippen molar-refractivity contribution in [2.75, 3.05) is 26.9 Å². The first-order valence-electron chi connectivity index (χ1n) is 5.95. The van der Waals surface area contributed by atoms with Crippen molar-refractivity contribution in [2.24, 2.45) is 0 Å². The first kappa shape index (κ1) is 13.7. The molecule has 1 aromatic heterocycles. The minimum Gasteiger partial charge on any atom is -0.382 e. The van der Waals surface area contributed by atoms with E-state index < -0.39 is 0 Å². The van der Waals surface area contributed by atoms with E-state index >= 15 is 0 Å². The van der Waals surface area contributed by atoms with Gasteiger partial charge in [-0.15, -0.1) is 0 Å². The third-order valence-electron chi connectivity index (χ3n) is 2.80. The molecule has 0 saturated heterocycles. The van der Waals surface area contributed by atoms with Crippen molar-refractivity contribution in [1.29, 1.82) is 5.26 Å². The molecule has 0 saturated carbocycles. The van der Waals surface area contributed by atoms with Gasteiger partial charge in [0.25, 0.3) is 0 Å². The molecule has 0 fully saturated rings. The van der Waals surface area contributed by atoms with Gasteiger partial charge in [0.2, 0.25) is 0 Å². The number of fused-ring (bicyclic) bond motifs is 1. The van der Waals surface area contributed by atoms with Crippen LogP contribution in [0.25, 0.3) is 11.0 Å². The van der Waals surface area contributed by atoms with Crippen molar-refractivity contribution >= 4 is 23.3 Å². The van der Waals surface area contributed by atoms with Crippen LogP contribution < -0.4 is 0 Å². The van der Waals surface area contributed by atoms with Gasteiger partial charge >= 0.3 is 0 Å². The van der Waals surface area contributed by atoms with E-state index in [9.17, 15) is 0 Å². The minimum atomic E-state index is 0.557. The molecule has 1 heterocycles. The van der Waals surface area contributed by atoms with E-state index in [0.29, 0.717) is 36.7 Å². The number of imidazole rings is 1. The number of hydrogen-bond acceptors (Lipinski definition) is 4. The summed E-state index contributed by atoms with van der Waals surface area (Å²) >= 11 is 5.28. The maximum absolute atomic E-state index is 8.93. The molecule has 0 aliphatic rings. The van der Waals surface area contributed by atoms with Crippen LogP contribution in [0, 0.1) is 16.1 Å². The number of aromatic nitrogens is 2. The molecule has 0 atom stereocenters. The van der Waals surface area contributed by atoms with Gasteiger partial charge in [-0.1, -0.05) is 0 Å². The maximum Gasteiger partial charge on any atom is 0.178 e. The van der Waals surface area contributed by atoms with Crippen LogP contribution in [0.4, 0.5) is 0 Å². The molecule has 100 valence electrons. The summed E-state index contributed by atoms with van der Waals surface area (Å²) in [6.45, 7) is 2.35. The van der Waals surface area contributed by atoms with E-state index in [1.807, 2.05) is 16.7 Å². The summed E-state index contributed by atoms with van der Waals surface area (Å²) < 4.78 is 12.9. The summed E-state index contributed by atoms with van der Waals surface area (Å²) in [5.74, 6) is 0. The number of methoxy groups -OCH3 is 1. The van der Waals surface area contributed by atoms with E-state index in [1.54, 1.807) is 13.2 Å². The molecule has 0 spiro atoms. The fourth-order valence-electron chi connectivity index (χ4n) is 1.84. The molecule has 1 N–H and O–H groups in total. The van der Waals surface area contributed by atoms with Gasteiger partial charge in [0.05, 0.1) is 42.5 Å². The maximum atomic E-state index is 8.93.